The topological polar surface area (TPSA) is 82.0 Å². The van der Waals surface area contributed by atoms with Gasteiger partial charge in [0.2, 0.25) is 5.91 Å². The molecule has 5 nitrogen and oxygen atoms in total. The Morgan fingerprint density at radius 2 is 2.14 bits per heavy atom. The van der Waals surface area contributed by atoms with Gasteiger partial charge in [-0.2, -0.15) is 0 Å². The second kappa shape index (κ2) is 3.29. The molecule has 0 fully saturated rings. The molecule has 0 saturated carbocycles. The Labute approximate surface area is 79.5 Å². The van der Waals surface area contributed by atoms with Crippen molar-refractivity contribution >= 4 is 5.91 Å². The van der Waals surface area contributed by atoms with Gasteiger partial charge in [0, 0.05) is 16.4 Å². The Morgan fingerprint density at radius 1 is 1.36 bits per heavy atom. The summed E-state index contributed by atoms with van der Waals surface area (Å²) in [7, 11) is 0. The summed E-state index contributed by atoms with van der Waals surface area (Å²) in [5.74, 6) is -0.497. The van der Waals surface area contributed by atoms with E-state index >= 15 is 0 Å². The van der Waals surface area contributed by atoms with Crippen LogP contribution in [0.2, 0.25) is 0 Å². The van der Waals surface area contributed by atoms with Crippen molar-refractivity contribution in [1.29, 1.82) is 0 Å². The van der Waals surface area contributed by atoms with E-state index in [2.05, 4.69) is 14.9 Å². The summed E-state index contributed by atoms with van der Waals surface area (Å²) in [6.45, 7) is 0. The number of aromatic nitrogens is 2. The first-order valence-corrected chi connectivity index (χ1v) is 3.95. The monoisotopic (exact) mass is 189 g/mol. The molecule has 14 heavy (non-hydrogen) atoms. The normalized spacial score (nSPS) is 10.0. The maximum atomic E-state index is 11.1. The van der Waals surface area contributed by atoms with Crippen LogP contribution < -0.4 is 5.73 Å². The number of hydrogen-bond donors (Lipinski definition) is 1. The smallest absolute Gasteiger partial charge is 0.249 e. The van der Waals surface area contributed by atoms with Crippen LogP contribution in [0.15, 0.2) is 35.1 Å². The van der Waals surface area contributed by atoms with Gasteiger partial charge in [-0.3, -0.25) is 4.79 Å². The van der Waals surface area contributed by atoms with Crippen molar-refractivity contribution in [3.8, 4) is 11.3 Å². The molecular formula is C9H7N3O2. The molecule has 2 rings (SSSR count). The number of nitrogens with two attached hydrogens (primary N) is 1. The highest BCUT2D eigenvalue weighted by Gasteiger charge is 2.11. The van der Waals surface area contributed by atoms with Gasteiger partial charge in [0.1, 0.15) is 5.69 Å². The molecule has 70 valence electrons. The first kappa shape index (κ1) is 8.43. The highest BCUT2D eigenvalue weighted by molar-refractivity contribution is 5.99. The van der Waals surface area contributed by atoms with Crippen molar-refractivity contribution in [2.75, 3.05) is 0 Å². The van der Waals surface area contributed by atoms with Crippen LogP contribution >= 0.6 is 0 Å². The predicted octanol–water partition coefficient (Wildman–Crippen LogP) is 0.836. The van der Waals surface area contributed by atoms with E-state index in [1.807, 2.05) is 0 Å². The van der Waals surface area contributed by atoms with Gasteiger partial charge >= 0.3 is 0 Å². The second-order valence-electron chi connectivity index (χ2n) is 2.70. The molecule has 5 heteroatoms. The van der Waals surface area contributed by atoms with Crippen molar-refractivity contribution in [1.82, 2.24) is 10.4 Å². The SMILES string of the molecule is NC(=O)c1ccccc1-c1conn1. The molecule has 0 bridgehead atoms. The predicted molar refractivity (Wildman–Crippen MR) is 48.3 cm³/mol. The van der Waals surface area contributed by atoms with Gasteiger partial charge < -0.3 is 10.3 Å². The number of primary amides is 1. The largest absolute Gasteiger partial charge is 0.366 e. The van der Waals surface area contributed by atoms with Crippen LogP contribution in [-0.4, -0.2) is 16.3 Å². The molecule has 1 aromatic carbocycles. The van der Waals surface area contributed by atoms with Crippen LogP contribution in [0, 0.1) is 0 Å². The minimum Gasteiger partial charge on any atom is -0.366 e. The highest BCUT2D eigenvalue weighted by Crippen LogP contribution is 2.20. The number of benzene rings is 1. The third kappa shape index (κ3) is 1.35. The summed E-state index contributed by atoms with van der Waals surface area (Å²) >= 11 is 0. The average molecular weight is 189 g/mol. The molecule has 0 atom stereocenters. The molecule has 1 heterocycles. The Hall–Kier alpha value is -2.17. The number of nitrogens with zero attached hydrogens (tertiary/aromatic N) is 2. The number of amides is 1. The van der Waals surface area contributed by atoms with Crippen molar-refractivity contribution in [2.24, 2.45) is 5.73 Å². The molecule has 1 amide bonds. The van der Waals surface area contributed by atoms with Gasteiger partial charge in [-0.1, -0.05) is 18.2 Å². The lowest BCUT2D eigenvalue weighted by Gasteiger charge is -2.00. The standard InChI is InChI=1S/C9H7N3O2/c10-9(13)7-4-2-1-3-6(7)8-5-14-12-11-8/h1-5H,(H2,10,13). The summed E-state index contributed by atoms with van der Waals surface area (Å²) in [6.07, 6.45) is 1.36. The Kier molecular flexibility index (Phi) is 1.98. The van der Waals surface area contributed by atoms with Crippen LogP contribution in [0.1, 0.15) is 10.4 Å². The van der Waals surface area contributed by atoms with Crippen LogP contribution in [0.4, 0.5) is 0 Å². The van der Waals surface area contributed by atoms with E-state index in [-0.39, 0.29) is 0 Å². The van der Waals surface area contributed by atoms with E-state index < -0.39 is 5.91 Å². The van der Waals surface area contributed by atoms with Crippen molar-refractivity contribution in [3.63, 3.8) is 0 Å². The van der Waals surface area contributed by atoms with Crippen molar-refractivity contribution in [3.05, 3.63) is 36.1 Å². The number of carbonyl (C=O) groups excluding carboxylic acids is 1. The molecule has 0 unspecified atom stereocenters. The molecule has 0 aliphatic heterocycles. The lowest BCUT2D eigenvalue weighted by Crippen LogP contribution is -2.12. The molecule has 0 saturated heterocycles. The van der Waals surface area contributed by atoms with E-state index in [9.17, 15) is 4.79 Å². The first-order chi connectivity index (χ1) is 6.79. The van der Waals surface area contributed by atoms with E-state index in [0.717, 1.165) is 0 Å². The van der Waals surface area contributed by atoms with Crippen LogP contribution in [0.3, 0.4) is 0 Å². The second-order valence-corrected chi connectivity index (χ2v) is 2.70. The number of carbonyl (C=O) groups is 1. The zero-order valence-electron chi connectivity index (χ0n) is 7.18. The van der Waals surface area contributed by atoms with E-state index in [1.165, 1.54) is 6.26 Å². The van der Waals surface area contributed by atoms with Gasteiger partial charge in [-0.25, -0.2) is 0 Å². The minimum atomic E-state index is -0.497. The fourth-order valence-electron chi connectivity index (χ4n) is 1.20. The summed E-state index contributed by atoms with van der Waals surface area (Å²) in [5, 5.41) is 7.03. The lowest BCUT2D eigenvalue weighted by molar-refractivity contribution is 0.100. The molecule has 0 radical (unpaired) electrons. The molecule has 0 spiro atoms. The molecule has 2 aromatic rings. The molecule has 2 N–H and O–H groups in total. The van der Waals surface area contributed by atoms with Crippen molar-refractivity contribution < 1.29 is 9.32 Å². The summed E-state index contributed by atoms with van der Waals surface area (Å²) in [4.78, 5) is 11.1. The van der Waals surface area contributed by atoms with E-state index in [4.69, 9.17) is 5.73 Å². The van der Waals surface area contributed by atoms with E-state index in [1.54, 1.807) is 24.3 Å². The Balaban J connectivity index is 2.58. The zero-order valence-corrected chi connectivity index (χ0v) is 7.18. The van der Waals surface area contributed by atoms with Gasteiger partial charge in [-0.05, 0) is 6.07 Å². The maximum Gasteiger partial charge on any atom is 0.249 e. The summed E-state index contributed by atoms with van der Waals surface area (Å²) in [6, 6.07) is 6.89. The first-order valence-electron chi connectivity index (χ1n) is 3.95. The van der Waals surface area contributed by atoms with Crippen LogP contribution in [0.25, 0.3) is 11.3 Å². The van der Waals surface area contributed by atoms with Gasteiger partial charge in [0.05, 0.1) is 0 Å². The fraction of sp³-hybridized carbons (Fsp3) is 0. The van der Waals surface area contributed by atoms with E-state index in [0.29, 0.717) is 16.8 Å². The lowest BCUT2D eigenvalue weighted by atomic mass is 10.1. The molecule has 0 aliphatic rings. The van der Waals surface area contributed by atoms with Gasteiger partial charge in [0.15, 0.2) is 6.26 Å². The number of rotatable bonds is 2. The molecular weight excluding hydrogens is 182 g/mol. The van der Waals surface area contributed by atoms with Crippen LogP contribution in [-0.2, 0) is 0 Å². The average Bonchev–Trinajstić information content (AvgIpc) is 2.70. The fourth-order valence-corrected chi connectivity index (χ4v) is 1.20. The maximum absolute atomic E-state index is 11.1. The third-order valence-electron chi connectivity index (χ3n) is 1.83. The zero-order chi connectivity index (χ0) is 9.97. The highest BCUT2D eigenvalue weighted by atomic mass is 16.5. The van der Waals surface area contributed by atoms with Gasteiger partial charge in [-0.15, -0.1) is 5.10 Å². The number of hydrogen-bond acceptors (Lipinski definition) is 4. The Bertz CT molecular complexity index is 451. The van der Waals surface area contributed by atoms with Crippen LogP contribution in [0.5, 0.6) is 0 Å². The molecule has 0 aliphatic carbocycles. The van der Waals surface area contributed by atoms with Crippen molar-refractivity contribution in [2.45, 2.75) is 0 Å². The summed E-state index contributed by atoms with van der Waals surface area (Å²) < 4.78 is 4.59. The van der Waals surface area contributed by atoms with Gasteiger partial charge in [0.25, 0.3) is 0 Å². The Morgan fingerprint density at radius 3 is 2.79 bits per heavy atom. The minimum absolute atomic E-state index is 0.406. The third-order valence-corrected chi connectivity index (χ3v) is 1.83. The quantitative estimate of drug-likeness (QED) is 0.758. The molecule has 1 aromatic heterocycles. The summed E-state index contributed by atoms with van der Waals surface area (Å²) in [5.41, 5.74) is 6.73.